The molecule has 0 radical (unpaired) electrons. The van der Waals surface area contributed by atoms with Crippen molar-refractivity contribution in [2.24, 2.45) is 0 Å². The van der Waals surface area contributed by atoms with Crippen LogP contribution in [0.3, 0.4) is 0 Å². The zero-order valence-electron chi connectivity index (χ0n) is 27.9. The number of nitrogens with zero attached hydrogens (tertiary/aromatic N) is 4. The maximum absolute atomic E-state index is 6.37. The van der Waals surface area contributed by atoms with Crippen molar-refractivity contribution in [1.82, 2.24) is 19.5 Å². The van der Waals surface area contributed by atoms with Crippen LogP contribution in [-0.2, 0) is 0 Å². The van der Waals surface area contributed by atoms with Crippen molar-refractivity contribution >= 4 is 65.3 Å². The van der Waals surface area contributed by atoms with E-state index in [0.29, 0.717) is 17.6 Å². The average Bonchev–Trinajstić information content (AvgIpc) is 3.75. The van der Waals surface area contributed by atoms with Crippen LogP contribution in [0.15, 0.2) is 174 Å². The van der Waals surface area contributed by atoms with Crippen LogP contribution in [0.5, 0.6) is 0 Å². The summed E-state index contributed by atoms with van der Waals surface area (Å²) in [5.74, 6) is 1.79. The predicted molar refractivity (Wildman–Crippen MR) is 213 cm³/mol. The third kappa shape index (κ3) is 4.46. The van der Waals surface area contributed by atoms with E-state index in [4.69, 9.17) is 19.4 Å². The van der Waals surface area contributed by atoms with Crippen molar-refractivity contribution in [3.8, 4) is 39.9 Å². The minimum Gasteiger partial charge on any atom is -0.456 e. The Hall–Kier alpha value is -7.11. The molecule has 8 aromatic carbocycles. The average molecular weight is 665 g/mol. The summed E-state index contributed by atoms with van der Waals surface area (Å²) in [7, 11) is 0. The van der Waals surface area contributed by atoms with Crippen molar-refractivity contribution in [2.45, 2.75) is 0 Å². The van der Waals surface area contributed by atoms with Crippen LogP contribution in [0, 0.1) is 0 Å². The van der Waals surface area contributed by atoms with E-state index in [1.165, 1.54) is 10.8 Å². The minimum atomic E-state index is 0.560. The van der Waals surface area contributed by atoms with Gasteiger partial charge in [0.25, 0.3) is 0 Å². The highest BCUT2D eigenvalue weighted by Gasteiger charge is 2.22. The first-order valence-electron chi connectivity index (χ1n) is 17.4. The second kappa shape index (κ2) is 11.2. The SMILES string of the molecule is c1ccc(-c2nc(-c3ccc4ccccc4c3)nc(-n3c4cc5ccccc5cc4c4cccc(-c5ccc6c(c5)oc5ccccc56)c43)n2)cc1. The Bertz CT molecular complexity index is 3190. The van der Waals surface area contributed by atoms with Gasteiger partial charge in [-0.05, 0) is 63.5 Å². The molecule has 0 aliphatic carbocycles. The summed E-state index contributed by atoms with van der Waals surface area (Å²) in [5, 5.41) is 9.10. The van der Waals surface area contributed by atoms with E-state index in [0.717, 1.165) is 76.8 Å². The molecule has 3 aromatic heterocycles. The number of benzene rings is 8. The van der Waals surface area contributed by atoms with Gasteiger partial charge in [-0.2, -0.15) is 9.97 Å². The number of fused-ring (bicyclic) bond motifs is 8. The van der Waals surface area contributed by atoms with Gasteiger partial charge in [-0.1, -0.05) is 133 Å². The quantitative estimate of drug-likeness (QED) is 0.188. The van der Waals surface area contributed by atoms with Crippen LogP contribution in [0.1, 0.15) is 0 Å². The van der Waals surface area contributed by atoms with Crippen LogP contribution in [-0.4, -0.2) is 19.5 Å². The smallest absolute Gasteiger partial charge is 0.238 e. The molecule has 0 aliphatic heterocycles. The highest BCUT2D eigenvalue weighted by Crippen LogP contribution is 2.41. The van der Waals surface area contributed by atoms with Crippen LogP contribution in [0.25, 0.3) is 105 Å². The van der Waals surface area contributed by atoms with Crippen molar-refractivity contribution in [3.05, 3.63) is 170 Å². The predicted octanol–water partition coefficient (Wildman–Crippen LogP) is 12.2. The Kier molecular flexibility index (Phi) is 6.18. The van der Waals surface area contributed by atoms with E-state index in [1.54, 1.807) is 0 Å². The molecule has 3 heterocycles. The number of rotatable bonds is 4. The molecule has 0 bridgehead atoms. The Morgan fingerprint density at radius 2 is 1.04 bits per heavy atom. The molecule has 0 unspecified atom stereocenters. The van der Waals surface area contributed by atoms with Crippen molar-refractivity contribution in [3.63, 3.8) is 0 Å². The Morgan fingerprint density at radius 3 is 1.88 bits per heavy atom. The molecule has 0 aliphatic rings. The normalized spacial score (nSPS) is 11.8. The van der Waals surface area contributed by atoms with Crippen LogP contribution in [0.2, 0.25) is 0 Å². The topological polar surface area (TPSA) is 56.7 Å². The number of para-hydroxylation sites is 2. The lowest BCUT2D eigenvalue weighted by molar-refractivity contribution is 0.669. The first kappa shape index (κ1) is 28.7. The van der Waals surface area contributed by atoms with E-state index in [-0.39, 0.29) is 0 Å². The van der Waals surface area contributed by atoms with Gasteiger partial charge < -0.3 is 4.42 Å². The molecule has 0 amide bonds. The van der Waals surface area contributed by atoms with Gasteiger partial charge in [0, 0.05) is 38.2 Å². The molecule has 11 aromatic rings. The fourth-order valence-corrected chi connectivity index (χ4v) is 7.72. The number of furan rings is 1. The maximum atomic E-state index is 6.37. The summed E-state index contributed by atoms with van der Waals surface area (Å²) in [6.07, 6.45) is 0. The standard InChI is InChI=1S/C47H28N4O/c1-2-12-30(13-3-1)45-48-46(35-22-21-29-11-4-5-14-31(29)25-35)50-47(49-45)51-41-27-33-16-7-6-15-32(33)26-40(41)39-19-10-18-36(44(39)51)34-23-24-38-37-17-8-9-20-42(37)52-43(38)28-34/h1-28H. The first-order valence-corrected chi connectivity index (χ1v) is 17.4. The monoisotopic (exact) mass is 664 g/mol. The summed E-state index contributed by atoms with van der Waals surface area (Å²) in [6, 6.07) is 59.3. The number of hydrogen-bond acceptors (Lipinski definition) is 4. The van der Waals surface area contributed by atoms with Gasteiger partial charge in [-0.15, -0.1) is 0 Å². The highest BCUT2D eigenvalue weighted by atomic mass is 16.3. The highest BCUT2D eigenvalue weighted by molar-refractivity contribution is 6.17. The second-order valence-electron chi connectivity index (χ2n) is 13.3. The molecule has 5 nitrogen and oxygen atoms in total. The van der Waals surface area contributed by atoms with Gasteiger partial charge in [-0.3, -0.25) is 4.57 Å². The molecule has 0 fully saturated rings. The third-order valence-electron chi connectivity index (χ3n) is 10.2. The van der Waals surface area contributed by atoms with Crippen LogP contribution in [0.4, 0.5) is 0 Å². The zero-order chi connectivity index (χ0) is 34.2. The van der Waals surface area contributed by atoms with Crippen molar-refractivity contribution in [2.75, 3.05) is 0 Å². The lowest BCUT2D eigenvalue weighted by atomic mass is 10.00. The lowest BCUT2D eigenvalue weighted by Crippen LogP contribution is -2.07. The number of hydrogen-bond donors (Lipinski definition) is 0. The van der Waals surface area contributed by atoms with E-state index >= 15 is 0 Å². The molecular weight excluding hydrogens is 637 g/mol. The minimum absolute atomic E-state index is 0.560. The second-order valence-corrected chi connectivity index (χ2v) is 13.3. The Balaban J connectivity index is 1.24. The van der Waals surface area contributed by atoms with Crippen LogP contribution < -0.4 is 0 Å². The van der Waals surface area contributed by atoms with Crippen molar-refractivity contribution in [1.29, 1.82) is 0 Å². The summed E-state index contributed by atoms with van der Waals surface area (Å²) in [4.78, 5) is 15.6. The van der Waals surface area contributed by atoms with Gasteiger partial charge in [-0.25, -0.2) is 4.98 Å². The van der Waals surface area contributed by atoms with Crippen LogP contribution >= 0.6 is 0 Å². The van der Waals surface area contributed by atoms with Gasteiger partial charge in [0.05, 0.1) is 11.0 Å². The fraction of sp³-hybridized carbons (Fsp3) is 0. The summed E-state index contributed by atoms with van der Waals surface area (Å²) >= 11 is 0. The summed E-state index contributed by atoms with van der Waals surface area (Å²) in [6.45, 7) is 0. The summed E-state index contributed by atoms with van der Waals surface area (Å²) in [5.41, 5.74) is 7.77. The molecule has 0 atom stereocenters. The van der Waals surface area contributed by atoms with Gasteiger partial charge in [0.1, 0.15) is 11.2 Å². The molecule has 11 rings (SSSR count). The first-order chi connectivity index (χ1) is 25.7. The third-order valence-corrected chi connectivity index (χ3v) is 10.2. The fourth-order valence-electron chi connectivity index (χ4n) is 7.72. The van der Waals surface area contributed by atoms with Crippen molar-refractivity contribution < 1.29 is 4.42 Å². The van der Waals surface area contributed by atoms with Gasteiger partial charge in [0.2, 0.25) is 5.95 Å². The molecule has 0 N–H and O–H groups in total. The van der Waals surface area contributed by atoms with Gasteiger partial charge in [0.15, 0.2) is 11.6 Å². The van der Waals surface area contributed by atoms with Gasteiger partial charge >= 0.3 is 0 Å². The van der Waals surface area contributed by atoms with E-state index in [1.807, 2.05) is 30.3 Å². The molecule has 242 valence electrons. The Morgan fingerprint density at radius 1 is 0.385 bits per heavy atom. The molecular formula is C47H28N4O. The molecule has 52 heavy (non-hydrogen) atoms. The van der Waals surface area contributed by atoms with E-state index in [2.05, 4.69) is 144 Å². The Labute approximate surface area is 298 Å². The molecule has 0 saturated heterocycles. The molecule has 0 saturated carbocycles. The van der Waals surface area contributed by atoms with E-state index in [9.17, 15) is 0 Å². The summed E-state index contributed by atoms with van der Waals surface area (Å²) < 4.78 is 8.60. The molecule has 5 heteroatoms. The largest absolute Gasteiger partial charge is 0.456 e. The molecule has 0 spiro atoms. The van der Waals surface area contributed by atoms with E-state index < -0.39 is 0 Å². The maximum Gasteiger partial charge on any atom is 0.238 e. The number of aromatic nitrogens is 4. The lowest BCUT2D eigenvalue weighted by Gasteiger charge is -2.13. The zero-order valence-corrected chi connectivity index (χ0v) is 27.9.